The van der Waals surface area contributed by atoms with E-state index >= 15 is 0 Å². The molecule has 2 aliphatic rings. The number of fused-ring (bicyclic) bond motifs is 1. The van der Waals surface area contributed by atoms with Crippen molar-refractivity contribution in [3.8, 4) is 0 Å². The van der Waals surface area contributed by atoms with Crippen molar-refractivity contribution in [2.75, 3.05) is 55.7 Å². The van der Waals surface area contributed by atoms with Crippen molar-refractivity contribution >= 4 is 40.3 Å². The molecule has 0 aromatic heterocycles. The molecule has 2 aromatic rings. The molecule has 0 atom stereocenters. The van der Waals surface area contributed by atoms with E-state index in [1.165, 1.54) is 5.69 Å². The first kappa shape index (κ1) is 22.4. The predicted octanol–water partition coefficient (Wildman–Crippen LogP) is 2.62. The molecule has 4 rings (SSSR count). The standard InChI is InChI=1S/C24H30N6OS/c1-3-30(4-2,24(25)32)26-22-20-12-8-9-13-21(20)29(23(22)31)18-27-14-16-28(17-15-27)19-10-6-5-7-11-19/h5-13H,3-4,14-18H2,1-2H3,(H-,25,32)/p+1/b26-22-. The summed E-state index contributed by atoms with van der Waals surface area (Å²) in [6, 6.07) is 18.3. The van der Waals surface area contributed by atoms with E-state index in [0.29, 0.717) is 25.5 Å². The Bertz CT molecular complexity index is 1010. The minimum absolute atomic E-state index is 0.0777. The predicted molar refractivity (Wildman–Crippen MR) is 134 cm³/mol. The van der Waals surface area contributed by atoms with Crippen molar-refractivity contribution in [1.29, 1.82) is 0 Å². The van der Waals surface area contributed by atoms with E-state index < -0.39 is 0 Å². The second-order valence-electron chi connectivity index (χ2n) is 8.17. The SMILES string of the molecule is CC[N+](CC)(/N=C1\C(=O)N(CN2CCN(c3ccccc3)CC2)c2ccccc21)C(N)=S. The van der Waals surface area contributed by atoms with Gasteiger partial charge in [-0.25, -0.2) is 0 Å². The molecular formula is C24H31N6OS+. The van der Waals surface area contributed by atoms with Crippen LogP contribution in [0.15, 0.2) is 59.7 Å². The minimum Gasteiger partial charge on any atom is -0.369 e. The lowest BCUT2D eigenvalue weighted by Crippen LogP contribution is -2.53. The third-order valence-corrected chi connectivity index (χ3v) is 6.82. The molecule has 0 aliphatic carbocycles. The average molecular weight is 452 g/mol. The summed E-state index contributed by atoms with van der Waals surface area (Å²) in [6.45, 7) is 9.38. The van der Waals surface area contributed by atoms with Gasteiger partial charge in [-0.3, -0.25) is 14.6 Å². The van der Waals surface area contributed by atoms with Crippen LogP contribution in [0, 0.1) is 0 Å². The van der Waals surface area contributed by atoms with Gasteiger partial charge in [0.1, 0.15) is 13.1 Å². The zero-order valence-electron chi connectivity index (χ0n) is 18.8. The summed E-state index contributed by atoms with van der Waals surface area (Å²) in [4.78, 5) is 20.1. The molecule has 2 N–H and O–H groups in total. The Hall–Kier alpha value is -2.81. The lowest BCUT2D eigenvalue weighted by Gasteiger charge is -2.37. The quantitative estimate of drug-likeness (QED) is 0.416. The number of benzene rings is 2. The van der Waals surface area contributed by atoms with Gasteiger partial charge in [0.25, 0.3) is 11.0 Å². The maximum absolute atomic E-state index is 13.5. The number of hydrogen-bond acceptors (Lipinski definition) is 5. The van der Waals surface area contributed by atoms with Crippen molar-refractivity contribution in [2.45, 2.75) is 13.8 Å². The van der Waals surface area contributed by atoms with E-state index in [1.54, 1.807) is 0 Å². The van der Waals surface area contributed by atoms with Crippen molar-refractivity contribution in [2.24, 2.45) is 10.8 Å². The highest BCUT2D eigenvalue weighted by Crippen LogP contribution is 2.31. The van der Waals surface area contributed by atoms with Gasteiger partial charge in [0.15, 0.2) is 5.71 Å². The zero-order valence-corrected chi connectivity index (χ0v) is 19.6. The topological polar surface area (TPSA) is 65.2 Å². The molecule has 2 aromatic carbocycles. The number of amides is 1. The number of nitrogens with zero attached hydrogens (tertiary/aromatic N) is 5. The molecule has 0 saturated carbocycles. The first-order chi connectivity index (χ1) is 15.5. The number of nitrogens with two attached hydrogens (primary N) is 1. The summed E-state index contributed by atoms with van der Waals surface area (Å²) < 4.78 is 0.0777. The zero-order chi connectivity index (χ0) is 22.7. The fourth-order valence-corrected chi connectivity index (χ4v) is 4.70. The Morgan fingerprint density at radius 1 is 1.00 bits per heavy atom. The van der Waals surface area contributed by atoms with Crippen molar-refractivity contribution < 1.29 is 9.39 Å². The van der Waals surface area contributed by atoms with Crippen molar-refractivity contribution in [3.05, 3.63) is 60.2 Å². The maximum atomic E-state index is 13.5. The lowest BCUT2D eigenvalue weighted by atomic mass is 10.1. The highest BCUT2D eigenvalue weighted by Gasteiger charge is 2.40. The number of anilines is 2. The molecule has 1 amide bonds. The summed E-state index contributed by atoms with van der Waals surface area (Å²) in [5, 5.41) is 5.11. The van der Waals surface area contributed by atoms with Crippen molar-refractivity contribution in [3.63, 3.8) is 0 Å². The number of rotatable bonds is 6. The van der Waals surface area contributed by atoms with Crippen molar-refractivity contribution in [1.82, 2.24) is 4.90 Å². The summed E-state index contributed by atoms with van der Waals surface area (Å²) in [5.41, 5.74) is 9.48. The number of carbonyl (C=O) groups is 1. The molecule has 7 nitrogen and oxygen atoms in total. The van der Waals surface area contributed by atoms with Gasteiger partial charge in [-0.15, -0.1) is 4.59 Å². The van der Waals surface area contributed by atoms with Crippen LogP contribution >= 0.6 is 12.2 Å². The van der Waals surface area contributed by atoms with Crippen LogP contribution in [0.5, 0.6) is 0 Å². The molecule has 32 heavy (non-hydrogen) atoms. The molecule has 0 unspecified atom stereocenters. The summed E-state index contributed by atoms with van der Waals surface area (Å²) in [6.07, 6.45) is 0. The van der Waals surface area contributed by atoms with E-state index in [2.05, 4.69) is 34.1 Å². The van der Waals surface area contributed by atoms with Gasteiger partial charge < -0.3 is 10.6 Å². The molecule has 0 radical (unpaired) electrons. The molecule has 1 fully saturated rings. The van der Waals surface area contributed by atoms with Crippen LogP contribution in [0.1, 0.15) is 19.4 Å². The molecule has 168 valence electrons. The van der Waals surface area contributed by atoms with Gasteiger partial charge in [0.2, 0.25) is 0 Å². The number of hydrogen-bond donors (Lipinski definition) is 1. The fourth-order valence-electron chi connectivity index (χ4n) is 4.40. The summed E-state index contributed by atoms with van der Waals surface area (Å²) in [5.74, 6) is -0.0858. The maximum Gasteiger partial charge on any atom is 0.294 e. The number of para-hydroxylation sites is 2. The van der Waals surface area contributed by atoms with Gasteiger partial charge in [-0.2, -0.15) is 0 Å². The summed E-state index contributed by atoms with van der Waals surface area (Å²) in [7, 11) is 0. The Labute approximate surface area is 195 Å². The van der Waals surface area contributed by atoms with Crippen LogP contribution in [0.4, 0.5) is 11.4 Å². The van der Waals surface area contributed by atoms with Gasteiger partial charge in [0, 0.05) is 49.6 Å². The molecule has 1 saturated heterocycles. The first-order valence-electron chi connectivity index (χ1n) is 11.2. The second-order valence-corrected chi connectivity index (χ2v) is 8.59. The third kappa shape index (κ3) is 4.13. The Morgan fingerprint density at radius 3 is 2.25 bits per heavy atom. The highest BCUT2D eigenvalue weighted by atomic mass is 32.1. The number of quaternary nitrogens is 1. The monoisotopic (exact) mass is 451 g/mol. The molecule has 0 spiro atoms. The molecule has 2 heterocycles. The normalized spacial score (nSPS) is 18.3. The summed E-state index contributed by atoms with van der Waals surface area (Å²) >= 11 is 5.32. The molecule has 8 heteroatoms. The molecule has 0 bridgehead atoms. The molecular weight excluding hydrogens is 420 g/mol. The van der Waals surface area contributed by atoms with Crippen LogP contribution in [0.2, 0.25) is 0 Å². The number of piperazine rings is 1. The van der Waals surface area contributed by atoms with E-state index in [1.807, 2.05) is 49.1 Å². The third-order valence-electron chi connectivity index (χ3n) is 6.48. The van der Waals surface area contributed by atoms with Gasteiger partial charge in [-0.1, -0.05) is 41.5 Å². The Morgan fingerprint density at radius 2 is 1.62 bits per heavy atom. The Balaban J connectivity index is 1.54. The van der Waals surface area contributed by atoms with E-state index in [-0.39, 0.29) is 15.6 Å². The molecule has 2 aliphatic heterocycles. The number of carbonyl (C=O) groups excluding carboxylic acids is 1. The fraction of sp³-hybridized carbons (Fsp3) is 0.375. The van der Waals surface area contributed by atoms with Gasteiger partial charge >= 0.3 is 0 Å². The average Bonchev–Trinajstić information content (AvgIpc) is 3.09. The van der Waals surface area contributed by atoms with Gasteiger partial charge in [-0.05, 0) is 32.0 Å². The lowest BCUT2D eigenvalue weighted by molar-refractivity contribution is -0.843. The van der Waals surface area contributed by atoms with Crippen LogP contribution in [-0.2, 0) is 4.79 Å². The largest absolute Gasteiger partial charge is 0.369 e. The van der Waals surface area contributed by atoms with Crippen LogP contribution in [0.3, 0.4) is 0 Å². The van der Waals surface area contributed by atoms with Crippen LogP contribution in [0.25, 0.3) is 0 Å². The van der Waals surface area contributed by atoms with E-state index in [9.17, 15) is 4.79 Å². The first-order valence-corrected chi connectivity index (χ1v) is 11.6. The smallest absolute Gasteiger partial charge is 0.294 e. The number of thiocarbonyl (C=S) groups is 1. The van der Waals surface area contributed by atoms with Crippen LogP contribution in [-0.4, -0.2) is 72.2 Å². The van der Waals surface area contributed by atoms with E-state index in [4.69, 9.17) is 23.1 Å². The van der Waals surface area contributed by atoms with Crippen LogP contribution < -0.4 is 15.5 Å². The van der Waals surface area contributed by atoms with Gasteiger partial charge in [0.05, 0.1) is 12.4 Å². The second kappa shape index (κ2) is 9.36. The van der Waals surface area contributed by atoms with E-state index in [0.717, 1.165) is 37.4 Å². The minimum atomic E-state index is -0.0858. The highest BCUT2D eigenvalue weighted by molar-refractivity contribution is 7.79. The Kier molecular flexibility index (Phi) is 6.55.